The molecule has 3 rings (SSSR count). The summed E-state index contributed by atoms with van der Waals surface area (Å²) in [6.07, 6.45) is 5.07. The molecule has 0 fully saturated rings. The van der Waals surface area contributed by atoms with E-state index in [1.807, 2.05) is 30.3 Å². The van der Waals surface area contributed by atoms with Gasteiger partial charge in [-0.3, -0.25) is 14.6 Å². The normalized spacial score (nSPS) is 10.3. The Balaban J connectivity index is 1.49. The van der Waals surface area contributed by atoms with E-state index in [1.54, 1.807) is 30.6 Å². The Kier molecular flexibility index (Phi) is 6.84. The third-order valence-corrected chi connectivity index (χ3v) is 4.19. The van der Waals surface area contributed by atoms with Crippen molar-refractivity contribution in [3.8, 4) is 0 Å². The van der Waals surface area contributed by atoms with Crippen LogP contribution in [0.25, 0.3) is 0 Å². The van der Waals surface area contributed by atoms with Crippen molar-refractivity contribution in [2.24, 2.45) is 0 Å². The summed E-state index contributed by atoms with van der Waals surface area (Å²) in [5.41, 5.74) is 2.63. The zero-order valence-corrected chi connectivity index (χ0v) is 15.5. The molecule has 2 amide bonds. The van der Waals surface area contributed by atoms with Gasteiger partial charge in [0.15, 0.2) is 0 Å². The number of amides is 2. The average molecular weight is 374 g/mol. The first kappa shape index (κ1) is 19.2. The molecule has 0 unspecified atom stereocenters. The van der Waals surface area contributed by atoms with Gasteiger partial charge >= 0.3 is 0 Å². The van der Waals surface area contributed by atoms with Gasteiger partial charge in [0.2, 0.25) is 0 Å². The molecule has 6 nitrogen and oxygen atoms in total. The number of hydrogen-bond acceptors (Lipinski definition) is 4. The van der Waals surface area contributed by atoms with Crippen molar-refractivity contribution in [1.82, 2.24) is 20.6 Å². The maximum atomic E-state index is 12.3. The number of nitrogens with one attached hydrogen (secondary N) is 2. The van der Waals surface area contributed by atoms with Crippen LogP contribution in [0.1, 0.15) is 38.5 Å². The van der Waals surface area contributed by atoms with Crippen molar-refractivity contribution < 1.29 is 9.59 Å². The molecular weight excluding hydrogens is 352 g/mol. The van der Waals surface area contributed by atoms with E-state index in [1.165, 1.54) is 5.56 Å². The second-order valence-electron chi connectivity index (χ2n) is 6.29. The van der Waals surface area contributed by atoms with E-state index < -0.39 is 0 Å². The van der Waals surface area contributed by atoms with Crippen LogP contribution < -0.4 is 10.6 Å². The monoisotopic (exact) mass is 374 g/mol. The summed E-state index contributed by atoms with van der Waals surface area (Å²) >= 11 is 0. The molecule has 28 heavy (non-hydrogen) atoms. The maximum absolute atomic E-state index is 12.3. The predicted molar refractivity (Wildman–Crippen MR) is 107 cm³/mol. The van der Waals surface area contributed by atoms with Crippen LogP contribution in [0.3, 0.4) is 0 Å². The molecule has 0 aliphatic carbocycles. The van der Waals surface area contributed by atoms with Crippen LogP contribution in [0.4, 0.5) is 0 Å². The van der Waals surface area contributed by atoms with E-state index in [2.05, 4.69) is 32.7 Å². The highest BCUT2D eigenvalue weighted by Gasteiger charge is 2.12. The number of benzene rings is 1. The summed E-state index contributed by atoms with van der Waals surface area (Å²) in [6.45, 7) is 0.923. The Morgan fingerprint density at radius 1 is 0.750 bits per heavy atom. The molecule has 0 aliphatic rings. The first-order valence-electron chi connectivity index (χ1n) is 9.18. The summed E-state index contributed by atoms with van der Waals surface area (Å²) in [6, 6.07) is 18.6. The van der Waals surface area contributed by atoms with E-state index in [0.29, 0.717) is 13.1 Å². The van der Waals surface area contributed by atoms with Crippen LogP contribution in [-0.2, 0) is 13.0 Å². The molecule has 2 aromatic heterocycles. The minimum Gasteiger partial charge on any atom is -0.351 e. The zero-order valence-electron chi connectivity index (χ0n) is 15.5. The van der Waals surface area contributed by atoms with E-state index in [4.69, 9.17) is 0 Å². The van der Waals surface area contributed by atoms with Crippen molar-refractivity contribution in [2.45, 2.75) is 19.4 Å². The summed E-state index contributed by atoms with van der Waals surface area (Å²) in [5, 5.41) is 5.64. The summed E-state index contributed by atoms with van der Waals surface area (Å²) in [4.78, 5) is 32.7. The van der Waals surface area contributed by atoms with Crippen LogP contribution in [0, 0.1) is 0 Å². The fraction of sp³-hybridized carbons (Fsp3) is 0.182. The second-order valence-corrected chi connectivity index (χ2v) is 6.29. The molecule has 2 N–H and O–H groups in total. The molecule has 6 heteroatoms. The van der Waals surface area contributed by atoms with Crippen molar-refractivity contribution in [3.05, 3.63) is 95.6 Å². The minimum absolute atomic E-state index is 0.214. The molecule has 0 spiro atoms. The molecule has 0 aliphatic heterocycles. The lowest BCUT2D eigenvalue weighted by Gasteiger charge is -2.07. The number of aromatic nitrogens is 2. The van der Waals surface area contributed by atoms with Gasteiger partial charge in [-0.25, -0.2) is 4.98 Å². The smallest absolute Gasteiger partial charge is 0.270 e. The number of nitrogens with zero attached hydrogens (tertiary/aromatic N) is 2. The van der Waals surface area contributed by atoms with Gasteiger partial charge in [-0.05, 0) is 48.2 Å². The van der Waals surface area contributed by atoms with E-state index in [-0.39, 0.29) is 23.2 Å². The highest BCUT2D eigenvalue weighted by Crippen LogP contribution is 2.03. The lowest BCUT2D eigenvalue weighted by molar-refractivity contribution is 0.0942. The van der Waals surface area contributed by atoms with Gasteiger partial charge in [0.1, 0.15) is 11.4 Å². The molecule has 0 saturated heterocycles. The number of aryl methyl sites for hydroxylation is 1. The summed E-state index contributed by atoms with van der Waals surface area (Å²) in [7, 11) is 0. The van der Waals surface area contributed by atoms with E-state index >= 15 is 0 Å². The topological polar surface area (TPSA) is 84.0 Å². The number of rotatable bonds is 8. The van der Waals surface area contributed by atoms with Crippen LogP contribution >= 0.6 is 0 Å². The van der Waals surface area contributed by atoms with Gasteiger partial charge in [-0.1, -0.05) is 36.4 Å². The SMILES string of the molecule is O=C(NCCCc1ccccc1)c1cccc(C(=O)NCc2ccncc2)n1. The maximum Gasteiger partial charge on any atom is 0.270 e. The fourth-order valence-electron chi connectivity index (χ4n) is 2.69. The van der Waals surface area contributed by atoms with Gasteiger partial charge in [0, 0.05) is 25.5 Å². The van der Waals surface area contributed by atoms with Gasteiger partial charge < -0.3 is 10.6 Å². The molecule has 142 valence electrons. The number of carbonyl (C=O) groups is 2. The highest BCUT2D eigenvalue weighted by molar-refractivity contribution is 5.96. The van der Waals surface area contributed by atoms with Crippen LogP contribution in [0.2, 0.25) is 0 Å². The molecule has 3 aromatic rings. The van der Waals surface area contributed by atoms with E-state index in [9.17, 15) is 9.59 Å². The average Bonchev–Trinajstić information content (AvgIpc) is 2.76. The Morgan fingerprint density at radius 3 is 2.14 bits per heavy atom. The largest absolute Gasteiger partial charge is 0.351 e. The van der Waals surface area contributed by atoms with Crippen molar-refractivity contribution in [1.29, 1.82) is 0 Å². The number of hydrogen-bond donors (Lipinski definition) is 2. The minimum atomic E-state index is -0.324. The third-order valence-electron chi connectivity index (χ3n) is 4.19. The van der Waals surface area contributed by atoms with Gasteiger partial charge in [0.05, 0.1) is 0 Å². The third kappa shape index (κ3) is 5.74. The van der Waals surface area contributed by atoms with Crippen molar-refractivity contribution >= 4 is 11.8 Å². The fourth-order valence-corrected chi connectivity index (χ4v) is 2.69. The first-order chi connectivity index (χ1) is 13.7. The molecule has 1 aromatic carbocycles. The summed E-state index contributed by atoms with van der Waals surface area (Å²) < 4.78 is 0. The molecule has 0 radical (unpaired) electrons. The molecule has 0 bridgehead atoms. The quantitative estimate of drug-likeness (QED) is 0.594. The van der Waals surface area contributed by atoms with E-state index in [0.717, 1.165) is 18.4 Å². The van der Waals surface area contributed by atoms with Crippen molar-refractivity contribution in [2.75, 3.05) is 6.54 Å². The Morgan fingerprint density at radius 2 is 1.43 bits per heavy atom. The number of pyridine rings is 2. The predicted octanol–water partition coefficient (Wildman–Crippen LogP) is 2.77. The van der Waals surface area contributed by atoms with Gasteiger partial charge in [0.25, 0.3) is 11.8 Å². The van der Waals surface area contributed by atoms with Crippen LogP contribution in [-0.4, -0.2) is 28.3 Å². The molecule has 0 atom stereocenters. The molecule has 2 heterocycles. The first-order valence-corrected chi connectivity index (χ1v) is 9.18. The van der Waals surface area contributed by atoms with Gasteiger partial charge in [-0.15, -0.1) is 0 Å². The molecular formula is C22H22N4O2. The Labute approximate surface area is 164 Å². The lowest BCUT2D eigenvalue weighted by Crippen LogP contribution is -2.28. The van der Waals surface area contributed by atoms with Crippen LogP contribution in [0.15, 0.2) is 73.1 Å². The standard InChI is InChI=1S/C22H22N4O2/c27-21(24-13-5-8-17-6-2-1-3-7-17)19-9-4-10-20(26-19)22(28)25-16-18-11-14-23-15-12-18/h1-4,6-7,9-12,14-15H,5,8,13,16H2,(H,24,27)(H,25,28). The molecule has 0 saturated carbocycles. The number of carbonyl (C=O) groups excluding carboxylic acids is 2. The lowest BCUT2D eigenvalue weighted by atomic mass is 10.1. The van der Waals surface area contributed by atoms with Crippen molar-refractivity contribution in [3.63, 3.8) is 0 Å². The van der Waals surface area contributed by atoms with Gasteiger partial charge in [-0.2, -0.15) is 0 Å². The highest BCUT2D eigenvalue weighted by atomic mass is 16.2. The second kappa shape index (κ2) is 9.97. The summed E-state index contributed by atoms with van der Waals surface area (Å²) in [5.74, 6) is -0.604. The Hall–Kier alpha value is -3.54. The van der Waals surface area contributed by atoms with Crippen LogP contribution in [0.5, 0.6) is 0 Å². The Bertz CT molecular complexity index is 914. The zero-order chi connectivity index (χ0) is 19.6.